The van der Waals surface area contributed by atoms with Gasteiger partial charge in [0.25, 0.3) is 5.91 Å². The molecule has 152 valence electrons. The maximum Gasteiger partial charge on any atom is 0.349 e. The standard InChI is InChI=1S/C23H15N3O5/c27-18-10-14-9-16(23(30)31-20(14)11-19(18)28)22(29)24-15-5-3-4-13(8-15)17-12-26-7-2-1-6-21(26)25-17/h1-12,27-28H,(H,24,29). The lowest BCUT2D eigenvalue weighted by molar-refractivity contribution is 0.102. The Hall–Kier alpha value is -4.59. The number of benzene rings is 2. The van der Waals surface area contributed by atoms with Crippen LogP contribution in [0.25, 0.3) is 27.9 Å². The first-order chi connectivity index (χ1) is 15.0. The maximum atomic E-state index is 12.7. The van der Waals surface area contributed by atoms with Gasteiger partial charge in [0.05, 0.1) is 5.69 Å². The van der Waals surface area contributed by atoms with Crippen LogP contribution in [0.15, 0.2) is 82.3 Å². The molecule has 5 rings (SSSR count). The number of carbonyl (C=O) groups is 1. The molecule has 3 heterocycles. The zero-order valence-corrected chi connectivity index (χ0v) is 15.9. The summed E-state index contributed by atoms with van der Waals surface area (Å²) in [5.74, 6) is -1.46. The summed E-state index contributed by atoms with van der Waals surface area (Å²) in [6.45, 7) is 0. The predicted molar refractivity (Wildman–Crippen MR) is 114 cm³/mol. The number of phenolic OH excluding ortho intramolecular Hbond substituents is 2. The minimum Gasteiger partial charge on any atom is -0.504 e. The lowest BCUT2D eigenvalue weighted by Gasteiger charge is -2.07. The highest BCUT2D eigenvalue weighted by Gasteiger charge is 2.16. The van der Waals surface area contributed by atoms with Crippen LogP contribution >= 0.6 is 0 Å². The van der Waals surface area contributed by atoms with Crippen molar-refractivity contribution in [2.45, 2.75) is 0 Å². The van der Waals surface area contributed by atoms with E-state index in [2.05, 4.69) is 10.3 Å². The monoisotopic (exact) mass is 413 g/mol. The van der Waals surface area contributed by atoms with Crippen molar-refractivity contribution < 1.29 is 19.4 Å². The van der Waals surface area contributed by atoms with Crippen molar-refractivity contribution in [1.29, 1.82) is 0 Å². The molecule has 8 heteroatoms. The van der Waals surface area contributed by atoms with Crippen LogP contribution in [-0.4, -0.2) is 25.5 Å². The largest absolute Gasteiger partial charge is 0.504 e. The van der Waals surface area contributed by atoms with Crippen molar-refractivity contribution in [3.8, 4) is 22.8 Å². The zero-order chi connectivity index (χ0) is 21.5. The van der Waals surface area contributed by atoms with Crippen LogP contribution in [0.3, 0.4) is 0 Å². The highest BCUT2D eigenvalue weighted by Crippen LogP contribution is 2.30. The van der Waals surface area contributed by atoms with Gasteiger partial charge in [0.2, 0.25) is 0 Å². The second-order valence-corrected chi connectivity index (χ2v) is 6.95. The number of anilines is 1. The van der Waals surface area contributed by atoms with Crippen molar-refractivity contribution in [3.05, 3.63) is 89.0 Å². The summed E-state index contributed by atoms with van der Waals surface area (Å²) in [4.78, 5) is 29.5. The van der Waals surface area contributed by atoms with Gasteiger partial charge in [0, 0.05) is 35.1 Å². The Labute approximate surface area is 174 Å². The summed E-state index contributed by atoms with van der Waals surface area (Å²) < 4.78 is 7.01. The minimum absolute atomic E-state index is 0.0608. The zero-order valence-electron chi connectivity index (χ0n) is 15.9. The average molecular weight is 413 g/mol. The second-order valence-electron chi connectivity index (χ2n) is 6.95. The number of rotatable bonds is 3. The van der Waals surface area contributed by atoms with E-state index in [1.54, 1.807) is 18.2 Å². The fourth-order valence-electron chi connectivity index (χ4n) is 3.33. The van der Waals surface area contributed by atoms with E-state index in [0.29, 0.717) is 11.1 Å². The molecule has 1 amide bonds. The van der Waals surface area contributed by atoms with Crippen LogP contribution in [0.2, 0.25) is 0 Å². The lowest BCUT2D eigenvalue weighted by Crippen LogP contribution is -2.20. The molecule has 8 nitrogen and oxygen atoms in total. The minimum atomic E-state index is -0.855. The Morgan fingerprint density at radius 2 is 1.84 bits per heavy atom. The molecule has 0 spiro atoms. The van der Waals surface area contributed by atoms with Gasteiger partial charge >= 0.3 is 5.63 Å². The van der Waals surface area contributed by atoms with Gasteiger partial charge in [-0.25, -0.2) is 9.78 Å². The summed E-state index contributed by atoms with van der Waals surface area (Å²) in [6, 6.07) is 16.4. The Morgan fingerprint density at radius 3 is 2.68 bits per heavy atom. The maximum absolute atomic E-state index is 12.7. The molecule has 31 heavy (non-hydrogen) atoms. The van der Waals surface area contributed by atoms with E-state index in [-0.39, 0.29) is 16.9 Å². The Morgan fingerprint density at radius 1 is 1.00 bits per heavy atom. The fraction of sp³-hybridized carbons (Fsp3) is 0. The van der Waals surface area contributed by atoms with E-state index in [4.69, 9.17) is 4.42 Å². The van der Waals surface area contributed by atoms with Crippen molar-refractivity contribution in [2.24, 2.45) is 0 Å². The molecule has 0 aliphatic rings. The first-order valence-corrected chi connectivity index (χ1v) is 9.33. The third kappa shape index (κ3) is 3.36. The number of hydrogen-bond donors (Lipinski definition) is 3. The number of nitrogens with zero attached hydrogens (tertiary/aromatic N) is 2. The predicted octanol–water partition coefficient (Wildman–Crippen LogP) is 3.77. The number of hydrogen-bond acceptors (Lipinski definition) is 6. The van der Waals surface area contributed by atoms with E-state index in [1.165, 1.54) is 12.1 Å². The van der Waals surface area contributed by atoms with E-state index in [0.717, 1.165) is 23.0 Å². The molecule has 0 fully saturated rings. The third-order valence-electron chi connectivity index (χ3n) is 4.85. The SMILES string of the molecule is O=C(Nc1cccc(-c2cn3ccccc3n2)c1)c1cc2cc(O)c(O)cc2oc1=O. The Balaban J connectivity index is 1.47. The van der Waals surface area contributed by atoms with Gasteiger partial charge in [0.1, 0.15) is 16.8 Å². The highest BCUT2D eigenvalue weighted by atomic mass is 16.4. The van der Waals surface area contributed by atoms with Gasteiger partial charge in [-0.05, 0) is 36.4 Å². The first-order valence-electron chi connectivity index (χ1n) is 9.33. The molecular formula is C23H15N3O5. The lowest BCUT2D eigenvalue weighted by atomic mass is 10.1. The van der Waals surface area contributed by atoms with Crippen LogP contribution in [0.1, 0.15) is 10.4 Å². The van der Waals surface area contributed by atoms with Crippen molar-refractivity contribution in [2.75, 3.05) is 5.32 Å². The molecule has 0 aliphatic carbocycles. The molecule has 0 saturated heterocycles. The highest BCUT2D eigenvalue weighted by molar-refractivity contribution is 6.05. The van der Waals surface area contributed by atoms with E-state index in [9.17, 15) is 19.8 Å². The molecule has 0 atom stereocenters. The molecule has 0 unspecified atom stereocenters. The summed E-state index contributed by atoms with van der Waals surface area (Å²) >= 11 is 0. The third-order valence-corrected chi connectivity index (χ3v) is 4.85. The summed E-state index contributed by atoms with van der Waals surface area (Å²) in [5, 5.41) is 22.2. The van der Waals surface area contributed by atoms with Gasteiger partial charge in [-0.3, -0.25) is 4.79 Å². The molecule has 2 aromatic carbocycles. The quantitative estimate of drug-likeness (QED) is 0.306. The topological polar surface area (TPSA) is 117 Å². The second kappa shape index (κ2) is 7.03. The molecule has 5 aromatic rings. The van der Waals surface area contributed by atoms with Crippen molar-refractivity contribution >= 4 is 28.2 Å². The van der Waals surface area contributed by atoms with E-state index >= 15 is 0 Å². The summed E-state index contributed by atoms with van der Waals surface area (Å²) in [5.41, 5.74) is 1.80. The number of imidazole rings is 1. The van der Waals surface area contributed by atoms with E-state index in [1.807, 2.05) is 41.1 Å². The summed E-state index contributed by atoms with van der Waals surface area (Å²) in [6.07, 6.45) is 3.78. The smallest absolute Gasteiger partial charge is 0.349 e. The van der Waals surface area contributed by atoms with Gasteiger partial charge in [-0.2, -0.15) is 0 Å². The number of nitrogens with one attached hydrogen (secondary N) is 1. The van der Waals surface area contributed by atoms with Crippen molar-refractivity contribution in [3.63, 3.8) is 0 Å². The Bertz CT molecular complexity index is 1500. The average Bonchev–Trinajstić information content (AvgIpc) is 3.19. The number of amides is 1. The first kappa shape index (κ1) is 18.4. The molecule has 3 N–H and O–H groups in total. The molecule has 0 aliphatic heterocycles. The van der Waals surface area contributed by atoms with Crippen molar-refractivity contribution in [1.82, 2.24) is 9.38 Å². The van der Waals surface area contributed by atoms with Gasteiger partial charge < -0.3 is 24.3 Å². The van der Waals surface area contributed by atoms with Crippen LogP contribution in [0.4, 0.5) is 5.69 Å². The molecular weight excluding hydrogens is 398 g/mol. The van der Waals surface area contributed by atoms with Gasteiger partial charge in [-0.1, -0.05) is 18.2 Å². The fourth-order valence-corrected chi connectivity index (χ4v) is 3.33. The van der Waals surface area contributed by atoms with Gasteiger partial charge in [-0.15, -0.1) is 0 Å². The van der Waals surface area contributed by atoms with E-state index < -0.39 is 17.3 Å². The molecule has 0 bridgehead atoms. The number of aromatic hydroxyl groups is 2. The number of aromatic nitrogens is 2. The van der Waals surface area contributed by atoms with Crippen LogP contribution in [-0.2, 0) is 0 Å². The van der Waals surface area contributed by atoms with Crippen LogP contribution in [0.5, 0.6) is 11.5 Å². The van der Waals surface area contributed by atoms with Gasteiger partial charge in [0.15, 0.2) is 11.5 Å². The molecule has 0 saturated carbocycles. The Kier molecular flexibility index (Phi) is 4.18. The number of fused-ring (bicyclic) bond motifs is 2. The van der Waals surface area contributed by atoms with Crippen LogP contribution < -0.4 is 10.9 Å². The number of phenols is 2. The summed E-state index contributed by atoms with van der Waals surface area (Å²) in [7, 11) is 0. The molecule has 3 aromatic heterocycles. The van der Waals surface area contributed by atoms with Crippen LogP contribution in [0, 0.1) is 0 Å². The molecule has 0 radical (unpaired) electrons. The number of pyridine rings is 1. The number of carbonyl (C=O) groups excluding carboxylic acids is 1. The normalized spacial score (nSPS) is 11.1.